The summed E-state index contributed by atoms with van der Waals surface area (Å²) in [5, 5.41) is 16.8. The molecule has 1 unspecified atom stereocenters. The molecule has 11 heteroatoms. The van der Waals surface area contributed by atoms with E-state index >= 15 is 0 Å². The van der Waals surface area contributed by atoms with Crippen LogP contribution in [0, 0.1) is 3.70 Å². The number of nitrogens with one attached hydrogen (secondary N) is 1. The van der Waals surface area contributed by atoms with Crippen LogP contribution in [0.3, 0.4) is 0 Å². The molecule has 0 aliphatic carbocycles. The minimum Gasteiger partial charge on any atom is -0.465 e. The molecular formula is C15H20IN7O3. The molecule has 0 aromatic carbocycles. The van der Waals surface area contributed by atoms with Gasteiger partial charge in [0.2, 0.25) is 5.91 Å². The molecule has 0 spiro atoms. The highest BCUT2D eigenvalue weighted by Crippen LogP contribution is 2.30. The first kappa shape index (κ1) is 18.6. The van der Waals surface area contributed by atoms with Gasteiger partial charge in [0.25, 0.3) is 0 Å². The topological polar surface area (TPSA) is 141 Å². The normalized spacial score (nSPS) is 17.7. The largest absolute Gasteiger partial charge is 0.465 e. The molecule has 1 aliphatic heterocycles. The molecule has 3 rings (SSSR count). The molecule has 2 amide bonds. The Labute approximate surface area is 163 Å². The Morgan fingerprint density at radius 2 is 2.12 bits per heavy atom. The van der Waals surface area contributed by atoms with Crippen molar-refractivity contribution >= 4 is 51.4 Å². The van der Waals surface area contributed by atoms with Crippen molar-refractivity contribution in [2.45, 2.75) is 31.7 Å². The molecule has 1 aliphatic rings. The van der Waals surface area contributed by atoms with Crippen molar-refractivity contribution in [2.24, 2.45) is 0 Å². The van der Waals surface area contributed by atoms with Crippen LogP contribution < -0.4 is 5.73 Å². The summed E-state index contributed by atoms with van der Waals surface area (Å²) in [5.41, 5.74) is 5.40. The van der Waals surface area contributed by atoms with Gasteiger partial charge in [-0.1, -0.05) is 0 Å². The Balaban J connectivity index is 1.80. The van der Waals surface area contributed by atoms with Gasteiger partial charge in [-0.3, -0.25) is 14.8 Å². The van der Waals surface area contributed by atoms with E-state index in [1.165, 1.54) is 7.05 Å². The van der Waals surface area contributed by atoms with Gasteiger partial charge in [0, 0.05) is 26.1 Å². The lowest BCUT2D eigenvalue weighted by molar-refractivity contribution is -0.139. The van der Waals surface area contributed by atoms with Gasteiger partial charge in [0.15, 0.2) is 5.65 Å². The fourth-order valence-electron chi connectivity index (χ4n) is 3.04. The van der Waals surface area contributed by atoms with Crippen molar-refractivity contribution in [2.75, 3.05) is 25.9 Å². The Hall–Kier alpha value is -2.18. The predicted molar refractivity (Wildman–Crippen MR) is 103 cm³/mol. The van der Waals surface area contributed by atoms with Crippen molar-refractivity contribution in [3.63, 3.8) is 0 Å². The van der Waals surface area contributed by atoms with E-state index in [0.29, 0.717) is 42.2 Å². The van der Waals surface area contributed by atoms with Crippen molar-refractivity contribution in [3.8, 4) is 0 Å². The highest BCUT2D eigenvalue weighted by molar-refractivity contribution is 14.1. The maximum absolute atomic E-state index is 12.8. The minimum absolute atomic E-state index is 0.0639. The summed E-state index contributed by atoms with van der Waals surface area (Å²) in [4.78, 5) is 35.6. The number of hydrogen-bond donors (Lipinski definition) is 3. The molecule has 4 N–H and O–H groups in total. The van der Waals surface area contributed by atoms with E-state index < -0.39 is 11.6 Å². The highest BCUT2D eigenvalue weighted by Gasteiger charge is 2.41. The molecule has 2 aromatic heterocycles. The number of nitrogens with zero attached hydrogens (tertiary/aromatic N) is 5. The maximum Gasteiger partial charge on any atom is 0.407 e. The molecule has 10 nitrogen and oxygen atoms in total. The molecule has 26 heavy (non-hydrogen) atoms. The number of likely N-dealkylation sites (N-methyl/N-ethyl adjacent to an activating group) is 1. The van der Waals surface area contributed by atoms with E-state index in [9.17, 15) is 14.7 Å². The number of hydrogen-bond acceptors (Lipinski definition) is 6. The maximum atomic E-state index is 12.8. The molecule has 0 radical (unpaired) electrons. The number of amides is 2. The lowest BCUT2D eigenvalue weighted by Crippen LogP contribution is -2.55. The highest BCUT2D eigenvalue weighted by atomic mass is 127. The molecule has 2 aromatic rings. The van der Waals surface area contributed by atoms with Crippen molar-refractivity contribution < 1.29 is 14.7 Å². The second kappa shape index (κ2) is 6.52. The van der Waals surface area contributed by atoms with Crippen LogP contribution in [0.25, 0.3) is 11.0 Å². The van der Waals surface area contributed by atoms with Crippen LogP contribution in [0.4, 0.5) is 10.6 Å². The second-order valence-electron chi connectivity index (χ2n) is 6.84. The number of nitrogen functional groups attached to an aromatic ring is 1. The number of nitrogens with two attached hydrogens (primary N) is 1. The number of anilines is 1. The average molecular weight is 473 g/mol. The number of aromatic amines is 1. The Morgan fingerprint density at radius 3 is 2.77 bits per heavy atom. The number of carboxylic acid groups (broad SMARTS) is 1. The lowest BCUT2D eigenvalue weighted by atomic mass is 10.0. The zero-order valence-electron chi connectivity index (χ0n) is 14.7. The summed E-state index contributed by atoms with van der Waals surface area (Å²) >= 11 is 2.09. The summed E-state index contributed by atoms with van der Waals surface area (Å²) in [5.74, 6) is 0.607. The summed E-state index contributed by atoms with van der Waals surface area (Å²) in [6.45, 7) is 4.13. The summed E-state index contributed by atoms with van der Waals surface area (Å²) < 4.78 is 0.781. The van der Waals surface area contributed by atoms with Gasteiger partial charge >= 0.3 is 6.09 Å². The summed E-state index contributed by atoms with van der Waals surface area (Å²) in [6.07, 6.45) is -0.459. The Morgan fingerprint density at radius 1 is 1.42 bits per heavy atom. The number of rotatable bonds is 3. The molecule has 1 atom stereocenters. The third-order valence-electron chi connectivity index (χ3n) is 4.90. The third kappa shape index (κ3) is 3.04. The predicted octanol–water partition coefficient (Wildman–Crippen LogP) is 1.24. The van der Waals surface area contributed by atoms with E-state index in [4.69, 9.17) is 5.73 Å². The van der Waals surface area contributed by atoms with Crippen molar-refractivity contribution in [3.05, 3.63) is 9.53 Å². The number of carbonyl (C=O) groups is 2. The molecule has 1 saturated heterocycles. The quantitative estimate of drug-likeness (QED) is 0.570. The summed E-state index contributed by atoms with van der Waals surface area (Å²) in [6, 6.07) is 0. The lowest BCUT2D eigenvalue weighted by Gasteiger charge is -2.35. The fourth-order valence-corrected chi connectivity index (χ4v) is 3.68. The zero-order valence-corrected chi connectivity index (χ0v) is 16.8. The van der Waals surface area contributed by atoms with E-state index in [1.54, 1.807) is 18.7 Å². The van der Waals surface area contributed by atoms with Gasteiger partial charge in [0.05, 0.1) is 5.39 Å². The van der Waals surface area contributed by atoms with Gasteiger partial charge < -0.3 is 15.7 Å². The monoisotopic (exact) mass is 473 g/mol. The Bertz CT molecular complexity index is 881. The minimum atomic E-state index is -1.15. The van der Waals surface area contributed by atoms with Crippen LogP contribution in [0.1, 0.15) is 32.0 Å². The van der Waals surface area contributed by atoms with Crippen LogP contribution >= 0.6 is 22.6 Å². The van der Waals surface area contributed by atoms with Crippen LogP contribution in [-0.2, 0) is 4.79 Å². The molecule has 0 bridgehead atoms. The van der Waals surface area contributed by atoms with E-state index in [2.05, 4.69) is 42.8 Å². The molecular weight excluding hydrogens is 453 g/mol. The van der Waals surface area contributed by atoms with Gasteiger partial charge in [-0.25, -0.2) is 14.8 Å². The van der Waals surface area contributed by atoms with Crippen LogP contribution in [-0.4, -0.2) is 72.7 Å². The SMILES string of the molecule is CN(C(=O)O)C(C)(C)C(=O)N1CCC(c2nc(N)c3c(I)[nH]nc3n2)C1. The molecule has 0 saturated carbocycles. The van der Waals surface area contributed by atoms with Gasteiger partial charge in [-0.05, 0) is 42.9 Å². The van der Waals surface area contributed by atoms with Gasteiger partial charge in [-0.2, -0.15) is 5.10 Å². The fraction of sp³-hybridized carbons (Fsp3) is 0.533. The first-order chi connectivity index (χ1) is 12.1. The second-order valence-corrected chi connectivity index (χ2v) is 7.92. The van der Waals surface area contributed by atoms with Crippen LogP contribution in [0.15, 0.2) is 0 Å². The third-order valence-corrected chi connectivity index (χ3v) is 5.68. The number of aromatic nitrogens is 4. The van der Waals surface area contributed by atoms with E-state index in [1.807, 2.05) is 0 Å². The van der Waals surface area contributed by atoms with Gasteiger partial charge in [0.1, 0.15) is 20.9 Å². The van der Waals surface area contributed by atoms with E-state index in [0.717, 1.165) is 8.60 Å². The van der Waals surface area contributed by atoms with Crippen LogP contribution in [0.5, 0.6) is 0 Å². The zero-order chi connectivity index (χ0) is 19.2. The number of H-pyrrole nitrogens is 1. The standard InChI is InChI=1S/C15H20IN7O3/c1-15(2,22(3)14(25)26)13(24)23-5-4-7(6-23)11-18-10(17)8-9(16)20-21-12(8)19-11/h7H,4-6H2,1-3H3,(H,25,26)(H3,17,18,19,20,21). The number of halogens is 1. The van der Waals surface area contributed by atoms with Crippen LogP contribution in [0.2, 0.25) is 0 Å². The number of fused-ring (bicyclic) bond motifs is 1. The molecule has 140 valence electrons. The van der Waals surface area contributed by atoms with E-state index in [-0.39, 0.29) is 11.8 Å². The van der Waals surface area contributed by atoms with Gasteiger partial charge in [-0.15, -0.1) is 0 Å². The Kier molecular flexibility index (Phi) is 4.67. The summed E-state index contributed by atoms with van der Waals surface area (Å²) in [7, 11) is 1.39. The molecule has 3 heterocycles. The number of carbonyl (C=O) groups excluding carboxylic acids is 1. The average Bonchev–Trinajstić information content (AvgIpc) is 3.20. The first-order valence-corrected chi connectivity index (χ1v) is 9.14. The smallest absolute Gasteiger partial charge is 0.407 e. The van der Waals surface area contributed by atoms with Crippen molar-refractivity contribution in [1.82, 2.24) is 30.0 Å². The number of likely N-dealkylation sites (tertiary alicyclic amines) is 1. The van der Waals surface area contributed by atoms with Crippen molar-refractivity contribution in [1.29, 1.82) is 0 Å². The molecule has 1 fully saturated rings. The first-order valence-electron chi connectivity index (χ1n) is 8.06.